The lowest BCUT2D eigenvalue weighted by molar-refractivity contribution is 0.0749. The molecule has 13 heavy (non-hydrogen) atoms. The van der Waals surface area contributed by atoms with E-state index >= 15 is 0 Å². The van der Waals surface area contributed by atoms with Crippen molar-refractivity contribution in [2.75, 3.05) is 7.11 Å². The van der Waals surface area contributed by atoms with Crippen molar-refractivity contribution in [1.82, 2.24) is 0 Å². The van der Waals surface area contributed by atoms with E-state index in [2.05, 4.69) is 0 Å². The first-order valence-corrected chi connectivity index (χ1v) is 4.33. The largest absolute Gasteiger partial charge is 0.496 e. The fourth-order valence-electron chi connectivity index (χ4n) is 1.59. The van der Waals surface area contributed by atoms with Gasteiger partial charge in [-0.25, -0.2) is 0 Å². The van der Waals surface area contributed by atoms with E-state index in [4.69, 9.17) is 4.74 Å². The topological polar surface area (TPSA) is 29.5 Å². The second kappa shape index (κ2) is 3.38. The van der Waals surface area contributed by atoms with Gasteiger partial charge in [-0.1, -0.05) is 12.1 Å². The highest BCUT2D eigenvalue weighted by Crippen LogP contribution is 2.31. The van der Waals surface area contributed by atoms with Crippen molar-refractivity contribution >= 4 is 0 Å². The molecule has 2 nitrogen and oxygen atoms in total. The summed E-state index contributed by atoms with van der Waals surface area (Å²) in [4.78, 5) is 0. The first-order valence-electron chi connectivity index (χ1n) is 4.33. The predicted molar refractivity (Wildman–Crippen MR) is 53.0 cm³/mol. The lowest BCUT2D eigenvalue weighted by Crippen LogP contribution is -2.18. The smallest absolute Gasteiger partial charge is 0.125 e. The molecule has 0 saturated heterocycles. The Morgan fingerprint density at radius 3 is 2.31 bits per heavy atom. The van der Waals surface area contributed by atoms with Crippen LogP contribution >= 0.6 is 0 Å². The first-order chi connectivity index (χ1) is 5.96. The SMILES string of the molecule is COc1cccc(C)c1C(C)(C)O. The molecule has 0 heterocycles. The minimum atomic E-state index is -0.851. The standard InChI is InChI=1S/C11H16O2/c1-8-6-5-7-9(13-4)10(8)11(2,3)12/h5-7,12H,1-4H3. The molecule has 1 aromatic carbocycles. The van der Waals surface area contributed by atoms with E-state index in [9.17, 15) is 5.11 Å². The third-order valence-electron chi connectivity index (χ3n) is 2.07. The molecule has 0 aliphatic carbocycles. The lowest BCUT2D eigenvalue weighted by atomic mass is 9.93. The van der Waals surface area contributed by atoms with Crippen LogP contribution in [0.2, 0.25) is 0 Å². The summed E-state index contributed by atoms with van der Waals surface area (Å²) in [5.74, 6) is 0.743. The Balaban J connectivity index is 3.32. The molecule has 1 N–H and O–H groups in total. The molecule has 0 aliphatic rings. The van der Waals surface area contributed by atoms with Gasteiger partial charge in [-0.3, -0.25) is 0 Å². The highest BCUT2D eigenvalue weighted by molar-refractivity contribution is 5.42. The van der Waals surface area contributed by atoms with E-state index < -0.39 is 5.60 Å². The Bertz CT molecular complexity index is 297. The molecule has 1 aromatic rings. The maximum absolute atomic E-state index is 9.90. The van der Waals surface area contributed by atoms with E-state index in [1.165, 1.54) is 0 Å². The molecule has 2 heteroatoms. The van der Waals surface area contributed by atoms with Gasteiger partial charge in [0.05, 0.1) is 12.7 Å². The molecule has 0 unspecified atom stereocenters. The Morgan fingerprint density at radius 2 is 1.92 bits per heavy atom. The number of hydrogen-bond acceptors (Lipinski definition) is 2. The predicted octanol–water partition coefficient (Wildman–Crippen LogP) is 2.23. The number of aliphatic hydroxyl groups is 1. The van der Waals surface area contributed by atoms with Crippen molar-refractivity contribution in [3.05, 3.63) is 29.3 Å². The number of hydrogen-bond donors (Lipinski definition) is 1. The number of methoxy groups -OCH3 is 1. The van der Waals surface area contributed by atoms with E-state index in [-0.39, 0.29) is 0 Å². The minimum absolute atomic E-state index is 0.743. The number of aryl methyl sites for hydroxylation is 1. The lowest BCUT2D eigenvalue weighted by Gasteiger charge is -2.22. The first kappa shape index (κ1) is 10.1. The summed E-state index contributed by atoms with van der Waals surface area (Å²) in [6.45, 7) is 5.49. The number of benzene rings is 1. The summed E-state index contributed by atoms with van der Waals surface area (Å²) in [7, 11) is 1.62. The zero-order valence-electron chi connectivity index (χ0n) is 8.59. The molecule has 1 rings (SSSR count). The van der Waals surface area contributed by atoms with Gasteiger partial charge in [0.15, 0.2) is 0 Å². The second-order valence-corrected chi connectivity index (χ2v) is 3.71. The van der Waals surface area contributed by atoms with Crippen LogP contribution in [-0.4, -0.2) is 12.2 Å². The molecule has 0 fully saturated rings. The summed E-state index contributed by atoms with van der Waals surface area (Å²) in [5, 5.41) is 9.90. The molecular weight excluding hydrogens is 164 g/mol. The zero-order chi connectivity index (χ0) is 10.1. The third-order valence-corrected chi connectivity index (χ3v) is 2.07. The van der Waals surface area contributed by atoms with Gasteiger partial charge in [-0.15, -0.1) is 0 Å². The van der Waals surface area contributed by atoms with Crippen molar-refractivity contribution in [2.24, 2.45) is 0 Å². The van der Waals surface area contributed by atoms with Crippen LogP contribution in [0, 0.1) is 6.92 Å². The van der Waals surface area contributed by atoms with Crippen molar-refractivity contribution in [3.63, 3.8) is 0 Å². The Hall–Kier alpha value is -1.02. The van der Waals surface area contributed by atoms with Crippen LogP contribution in [0.3, 0.4) is 0 Å². The molecule has 0 spiro atoms. The average molecular weight is 180 g/mol. The van der Waals surface area contributed by atoms with Crippen LogP contribution in [0.25, 0.3) is 0 Å². The van der Waals surface area contributed by atoms with Gasteiger partial charge in [0.2, 0.25) is 0 Å². The molecule has 0 radical (unpaired) electrons. The van der Waals surface area contributed by atoms with Gasteiger partial charge < -0.3 is 9.84 Å². The molecule has 0 saturated carbocycles. The fraction of sp³-hybridized carbons (Fsp3) is 0.455. The molecule has 0 amide bonds. The average Bonchev–Trinajstić information content (AvgIpc) is 2.01. The summed E-state index contributed by atoms with van der Waals surface area (Å²) < 4.78 is 5.19. The maximum atomic E-state index is 9.90. The van der Waals surface area contributed by atoms with Gasteiger partial charge in [0.25, 0.3) is 0 Å². The number of ether oxygens (including phenoxy) is 1. The van der Waals surface area contributed by atoms with Crippen molar-refractivity contribution in [2.45, 2.75) is 26.4 Å². The van der Waals surface area contributed by atoms with Crippen LogP contribution in [-0.2, 0) is 5.60 Å². The van der Waals surface area contributed by atoms with Gasteiger partial charge in [0.1, 0.15) is 5.75 Å². The summed E-state index contributed by atoms with van der Waals surface area (Å²) in [5.41, 5.74) is 1.06. The highest BCUT2D eigenvalue weighted by Gasteiger charge is 2.22. The molecule has 0 bridgehead atoms. The molecule has 0 atom stereocenters. The van der Waals surface area contributed by atoms with Crippen LogP contribution in [0.1, 0.15) is 25.0 Å². The van der Waals surface area contributed by atoms with Crippen LogP contribution in [0.5, 0.6) is 5.75 Å². The van der Waals surface area contributed by atoms with Crippen molar-refractivity contribution in [3.8, 4) is 5.75 Å². The molecule has 72 valence electrons. The fourth-order valence-corrected chi connectivity index (χ4v) is 1.59. The minimum Gasteiger partial charge on any atom is -0.496 e. The van der Waals surface area contributed by atoms with Gasteiger partial charge >= 0.3 is 0 Å². The van der Waals surface area contributed by atoms with E-state index in [1.54, 1.807) is 21.0 Å². The van der Waals surface area contributed by atoms with Crippen molar-refractivity contribution in [1.29, 1.82) is 0 Å². The van der Waals surface area contributed by atoms with E-state index in [0.717, 1.165) is 16.9 Å². The van der Waals surface area contributed by atoms with E-state index in [1.807, 2.05) is 25.1 Å². The zero-order valence-corrected chi connectivity index (χ0v) is 8.59. The van der Waals surface area contributed by atoms with Gasteiger partial charge in [-0.05, 0) is 32.4 Å². The van der Waals surface area contributed by atoms with Crippen molar-refractivity contribution < 1.29 is 9.84 Å². The Morgan fingerprint density at radius 1 is 1.31 bits per heavy atom. The monoisotopic (exact) mass is 180 g/mol. The van der Waals surface area contributed by atoms with Crippen LogP contribution < -0.4 is 4.74 Å². The molecule has 0 aromatic heterocycles. The third kappa shape index (κ3) is 2.01. The molecule has 0 aliphatic heterocycles. The summed E-state index contributed by atoms with van der Waals surface area (Å²) >= 11 is 0. The second-order valence-electron chi connectivity index (χ2n) is 3.71. The van der Waals surface area contributed by atoms with E-state index in [0.29, 0.717) is 0 Å². The summed E-state index contributed by atoms with van der Waals surface area (Å²) in [6.07, 6.45) is 0. The van der Waals surface area contributed by atoms with Gasteiger partial charge in [-0.2, -0.15) is 0 Å². The maximum Gasteiger partial charge on any atom is 0.125 e. The van der Waals surface area contributed by atoms with Crippen LogP contribution in [0.4, 0.5) is 0 Å². The Labute approximate surface area is 79.2 Å². The number of rotatable bonds is 2. The normalized spacial score (nSPS) is 11.5. The molecular formula is C11H16O2. The Kier molecular flexibility index (Phi) is 2.62. The highest BCUT2D eigenvalue weighted by atomic mass is 16.5. The van der Waals surface area contributed by atoms with Crippen LogP contribution in [0.15, 0.2) is 18.2 Å². The van der Waals surface area contributed by atoms with Gasteiger partial charge in [0, 0.05) is 5.56 Å². The summed E-state index contributed by atoms with van der Waals surface area (Å²) in [6, 6.07) is 5.75. The quantitative estimate of drug-likeness (QED) is 0.756.